The van der Waals surface area contributed by atoms with Gasteiger partial charge in [-0.15, -0.1) is 0 Å². The molecule has 7 heteroatoms. The molecular weight excluding hydrogens is 578 g/mol. The monoisotopic (exact) mass is 637 g/mol. The molecule has 4 aliphatic rings. The quantitative estimate of drug-likeness (QED) is 0.232. The van der Waals surface area contributed by atoms with Crippen molar-refractivity contribution in [3.8, 4) is 0 Å². The highest BCUT2D eigenvalue weighted by molar-refractivity contribution is 5.81. The molecule has 256 valence electrons. The van der Waals surface area contributed by atoms with Gasteiger partial charge in [-0.25, -0.2) is 0 Å². The van der Waals surface area contributed by atoms with Gasteiger partial charge in [0.25, 0.3) is 0 Å². The van der Waals surface area contributed by atoms with Gasteiger partial charge in [-0.3, -0.25) is 14.4 Å². The second-order valence-electron chi connectivity index (χ2n) is 16.5. The Morgan fingerprint density at radius 1 is 0.913 bits per heavy atom. The van der Waals surface area contributed by atoms with E-state index in [1.807, 2.05) is 30.3 Å². The summed E-state index contributed by atoms with van der Waals surface area (Å²) in [5, 5.41) is 12.1. The first-order chi connectivity index (χ1) is 21.8. The molecule has 0 saturated heterocycles. The number of hydrogen-bond acceptors (Lipinski definition) is 6. The Bertz CT molecular complexity index is 1220. The largest absolute Gasteiger partial charge is 0.462 e. The Hall–Kier alpha value is -2.41. The van der Waals surface area contributed by atoms with Gasteiger partial charge < -0.3 is 19.9 Å². The maximum Gasteiger partial charge on any atom is 0.306 e. The van der Waals surface area contributed by atoms with Crippen LogP contribution in [-0.4, -0.2) is 41.2 Å². The highest BCUT2D eigenvalue weighted by Gasteiger charge is 2.60. The van der Waals surface area contributed by atoms with Crippen molar-refractivity contribution in [2.75, 3.05) is 6.61 Å². The summed E-state index contributed by atoms with van der Waals surface area (Å²) in [5.41, 5.74) is 0.990. The summed E-state index contributed by atoms with van der Waals surface area (Å²) >= 11 is 0. The van der Waals surface area contributed by atoms with E-state index in [0.717, 1.165) is 49.0 Å². The molecule has 7 nitrogen and oxygen atoms in total. The SMILES string of the molecule is C[C@H](CCC(=O)OCc1ccccc1)[C@H]1CC[C@H]2[C@@H]3CC[C@@H]4C[C@@H](OC(=O)CCC(=O)NC(C)(C)CO)CC[C@]4(C)[C@H]3CC[C@]12C. The number of amides is 1. The van der Waals surface area contributed by atoms with Crippen LogP contribution in [0.15, 0.2) is 30.3 Å². The molecule has 0 radical (unpaired) electrons. The molecule has 4 saturated carbocycles. The predicted molar refractivity (Wildman–Crippen MR) is 178 cm³/mol. The zero-order chi connectivity index (χ0) is 33.1. The fraction of sp³-hybridized carbons (Fsp3) is 0.769. The number of carbonyl (C=O) groups excluding carboxylic acids is 3. The highest BCUT2D eigenvalue weighted by Crippen LogP contribution is 2.68. The Labute approximate surface area is 277 Å². The molecule has 5 rings (SSSR count). The minimum atomic E-state index is -0.694. The number of esters is 2. The molecule has 0 bridgehead atoms. The van der Waals surface area contributed by atoms with Crippen molar-refractivity contribution in [2.45, 2.75) is 136 Å². The lowest BCUT2D eigenvalue weighted by molar-refractivity contribution is -0.163. The van der Waals surface area contributed by atoms with Crippen molar-refractivity contribution in [1.29, 1.82) is 0 Å². The van der Waals surface area contributed by atoms with Gasteiger partial charge in [0.2, 0.25) is 5.91 Å². The summed E-state index contributed by atoms with van der Waals surface area (Å²) in [7, 11) is 0. The molecule has 0 unspecified atom stereocenters. The Morgan fingerprint density at radius 3 is 2.37 bits per heavy atom. The summed E-state index contributed by atoms with van der Waals surface area (Å²) in [4.78, 5) is 37.5. The van der Waals surface area contributed by atoms with E-state index in [4.69, 9.17) is 9.47 Å². The van der Waals surface area contributed by atoms with E-state index >= 15 is 0 Å². The molecule has 1 aromatic carbocycles. The van der Waals surface area contributed by atoms with E-state index in [1.54, 1.807) is 13.8 Å². The van der Waals surface area contributed by atoms with Gasteiger partial charge in [0.15, 0.2) is 0 Å². The number of carbonyl (C=O) groups is 3. The van der Waals surface area contributed by atoms with Gasteiger partial charge >= 0.3 is 11.9 Å². The number of nitrogens with one attached hydrogen (secondary N) is 1. The third-order valence-electron chi connectivity index (χ3n) is 13.2. The third kappa shape index (κ3) is 7.66. The average molecular weight is 638 g/mol. The minimum Gasteiger partial charge on any atom is -0.462 e. The summed E-state index contributed by atoms with van der Waals surface area (Å²) in [6, 6.07) is 9.91. The maximum atomic E-state index is 12.7. The van der Waals surface area contributed by atoms with Crippen LogP contribution in [0.4, 0.5) is 0 Å². The summed E-state index contributed by atoms with van der Waals surface area (Å²) in [5.74, 6) is 3.42. The standard InChI is InChI=1S/C39H59NO6/c1-26(11-17-35(43)45-24-27-9-7-6-8-10-27)31-14-15-32-30-13-12-28-23-29(19-21-38(28,4)33(30)20-22-39(31,32)5)46-36(44)18-16-34(42)40-37(2,3)25-41/h6-10,26,28-33,41H,11-25H2,1-5H3,(H,40,42)/t26-,28-,29+,30+,31-,32+,33+,38+,39-/m1/s1. The van der Waals surface area contributed by atoms with Crippen LogP contribution in [0.3, 0.4) is 0 Å². The lowest BCUT2D eigenvalue weighted by atomic mass is 9.44. The van der Waals surface area contributed by atoms with Crippen LogP contribution in [0, 0.1) is 46.3 Å². The zero-order valence-electron chi connectivity index (χ0n) is 29.0. The van der Waals surface area contributed by atoms with Gasteiger partial charge in [-0.2, -0.15) is 0 Å². The zero-order valence-corrected chi connectivity index (χ0v) is 29.0. The van der Waals surface area contributed by atoms with E-state index in [2.05, 4.69) is 26.1 Å². The minimum absolute atomic E-state index is 0.0518. The number of hydrogen-bond donors (Lipinski definition) is 2. The van der Waals surface area contributed by atoms with Crippen LogP contribution in [0.5, 0.6) is 0 Å². The molecule has 9 atom stereocenters. The fourth-order valence-corrected chi connectivity index (χ4v) is 10.6. The van der Waals surface area contributed by atoms with E-state index in [-0.39, 0.29) is 43.4 Å². The number of fused-ring (bicyclic) bond motifs is 5. The molecule has 1 aromatic rings. The van der Waals surface area contributed by atoms with Crippen molar-refractivity contribution < 1.29 is 29.0 Å². The molecule has 1 amide bonds. The third-order valence-corrected chi connectivity index (χ3v) is 13.2. The number of ether oxygens (including phenoxy) is 2. The van der Waals surface area contributed by atoms with Crippen molar-refractivity contribution in [3.63, 3.8) is 0 Å². The Kier molecular flexibility index (Phi) is 10.9. The van der Waals surface area contributed by atoms with Crippen molar-refractivity contribution >= 4 is 17.8 Å². The van der Waals surface area contributed by atoms with Crippen molar-refractivity contribution in [2.24, 2.45) is 46.3 Å². The highest BCUT2D eigenvalue weighted by atomic mass is 16.5. The molecule has 46 heavy (non-hydrogen) atoms. The van der Waals surface area contributed by atoms with E-state index in [1.165, 1.54) is 38.5 Å². The molecule has 4 aliphatic carbocycles. The molecule has 2 N–H and O–H groups in total. The second kappa shape index (κ2) is 14.4. The van der Waals surface area contributed by atoms with Crippen molar-refractivity contribution in [3.05, 3.63) is 35.9 Å². The smallest absolute Gasteiger partial charge is 0.306 e. The van der Waals surface area contributed by atoms with Crippen LogP contribution in [0.1, 0.15) is 124 Å². The Morgan fingerprint density at radius 2 is 1.63 bits per heavy atom. The van der Waals surface area contributed by atoms with Gasteiger partial charge in [0.05, 0.1) is 18.6 Å². The molecule has 0 aromatic heterocycles. The molecule has 4 fully saturated rings. The average Bonchev–Trinajstić information content (AvgIpc) is 3.39. The molecule has 0 heterocycles. The predicted octanol–water partition coefficient (Wildman–Crippen LogP) is 7.38. The van der Waals surface area contributed by atoms with Gasteiger partial charge in [-0.05, 0) is 130 Å². The van der Waals surface area contributed by atoms with Crippen LogP contribution < -0.4 is 5.32 Å². The van der Waals surface area contributed by atoms with Gasteiger partial charge in [0, 0.05) is 12.8 Å². The van der Waals surface area contributed by atoms with Gasteiger partial charge in [0.1, 0.15) is 12.7 Å². The fourth-order valence-electron chi connectivity index (χ4n) is 10.6. The summed E-state index contributed by atoms with van der Waals surface area (Å²) < 4.78 is 11.5. The van der Waals surface area contributed by atoms with E-state index in [9.17, 15) is 19.5 Å². The lowest BCUT2D eigenvalue weighted by Crippen LogP contribution is -2.54. The van der Waals surface area contributed by atoms with Crippen LogP contribution in [0.25, 0.3) is 0 Å². The number of rotatable bonds is 12. The summed E-state index contributed by atoms with van der Waals surface area (Å²) in [6.45, 7) is 11.2. The second-order valence-corrected chi connectivity index (χ2v) is 16.5. The van der Waals surface area contributed by atoms with Crippen LogP contribution in [-0.2, 0) is 30.5 Å². The topological polar surface area (TPSA) is 102 Å². The molecule has 0 aliphatic heterocycles. The normalized spacial score (nSPS) is 34.4. The lowest BCUT2D eigenvalue weighted by Gasteiger charge is -2.61. The molecular formula is C39H59NO6. The summed E-state index contributed by atoms with van der Waals surface area (Å²) in [6.07, 6.45) is 12.1. The number of aliphatic hydroxyl groups is 1. The first kappa shape index (κ1) is 34.9. The number of benzene rings is 1. The first-order valence-corrected chi connectivity index (χ1v) is 18.2. The first-order valence-electron chi connectivity index (χ1n) is 18.2. The maximum absolute atomic E-state index is 12.7. The van der Waals surface area contributed by atoms with E-state index in [0.29, 0.717) is 41.6 Å². The molecule has 0 spiro atoms. The Balaban J connectivity index is 1.10. The number of aliphatic hydroxyl groups excluding tert-OH is 1. The van der Waals surface area contributed by atoms with Gasteiger partial charge in [-0.1, -0.05) is 51.1 Å². The van der Waals surface area contributed by atoms with Crippen molar-refractivity contribution in [1.82, 2.24) is 5.32 Å². The van der Waals surface area contributed by atoms with E-state index < -0.39 is 5.54 Å². The van der Waals surface area contributed by atoms with Crippen LogP contribution >= 0.6 is 0 Å². The van der Waals surface area contributed by atoms with Crippen LogP contribution in [0.2, 0.25) is 0 Å².